The molecule has 0 aliphatic rings. The number of primary amides is 1. The molecule has 8 nitrogen and oxygen atoms in total. The van der Waals surface area contributed by atoms with Crippen molar-refractivity contribution in [3.05, 3.63) is 58.1 Å². The van der Waals surface area contributed by atoms with E-state index in [-0.39, 0.29) is 10.6 Å². The van der Waals surface area contributed by atoms with E-state index in [0.717, 1.165) is 0 Å². The molecule has 0 heterocycles. The largest absolute Gasteiger partial charge is 0.351 e. The summed E-state index contributed by atoms with van der Waals surface area (Å²) in [4.78, 5) is 21.0. The molecule has 0 saturated carbocycles. The lowest BCUT2D eigenvalue weighted by Gasteiger charge is -2.07. The third-order valence-corrected chi connectivity index (χ3v) is 4.50. The number of rotatable bonds is 4. The number of nitrogens with zero attached hydrogens (tertiary/aromatic N) is 1. The maximum Gasteiger partial charge on any atom is 0.326 e. The van der Waals surface area contributed by atoms with E-state index in [1.807, 2.05) is 0 Å². The van der Waals surface area contributed by atoms with Crippen LogP contribution < -0.4 is 10.5 Å². The van der Waals surface area contributed by atoms with Gasteiger partial charge in [-0.25, -0.2) is 17.9 Å². The molecule has 0 aromatic heterocycles. The number of amides is 2. The van der Waals surface area contributed by atoms with Gasteiger partial charge in [0.15, 0.2) is 0 Å². The summed E-state index contributed by atoms with van der Waals surface area (Å²) in [6.07, 6.45) is 0. The summed E-state index contributed by atoms with van der Waals surface area (Å²) in [6, 6.07) is 9.11. The Bertz CT molecular complexity index is 876. The zero-order valence-electron chi connectivity index (χ0n) is 12.0. The van der Waals surface area contributed by atoms with Crippen molar-refractivity contribution in [3.63, 3.8) is 0 Å². The Morgan fingerprint density at radius 2 is 1.70 bits per heavy atom. The van der Waals surface area contributed by atoms with Crippen molar-refractivity contribution in [1.82, 2.24) is 4.72 Å². The first-order valence-corrected chi connectivity index (χ1v) is 7.87. The van der Waals surface area contributed by atoms with Crippen LogP contribution in [0.2, 0.25) is 0 Å². The van der Waals surface area contributed by atoms with Crippen LogP contribution in [-0.2, 0) is 10.0 Å². The monoisotopic (exact) mass is 335 g/mol. The lowest BCUT2D eigenvalue weighted by atomic mass is 10.0. The van der Waals surface area contributed by atoms with Crippen molar-refractivity contribution < 1.29 is 18.1 Å². The fourth-order valence-corrected chi connectivity index (χ4v) is 2.88. The second-order valence-corrected chi connectivity index (χ2v) is 6.43. The van der Waals surface area contributed by atoms with Gasteiger partial charge in [0.1, 0.15) is 0 Å². The third kappa shape index (κ3) is 3.64. The molecule has 0 saturated heterocycles. The third-order valence-electron chi connectivity index (χ3n) is 3.14. The standard InChI is InChI=1S/C14H13N3O5S/c1-9-2-3-11(8-13(9)17(19)20)10-4-6-12(7-5-10)23(21,22)16-14(15)18/h2-8H,1H3,(H3,15,16,18). The molecule has 2 amide bonds. The smallest absolute Gasteiger partial charge is 0.326 e. The van der Waals surface area contributed by atoms with E-state index >= 15 is 0 Å². The molecule has 0 fully saturated rings. The normalized spacial score (nSPS) is 11.0. The van der Waals surface area contributed by atoms with Gasteiger partial charge in [-0.05, 0) is 30.2 Å². The van der Waals surface area contributed by atoms with Crippen LogP contribution in [0.5, 0.6) is 0 Å². The molecule has 2 rings (SSSR count). The van der Waals surface area contributed by atoms with Crippen molar-refractivity contribution in [2.75, 3.05) is 0 Å². The Morgan fingerprint density at radius 1 is 1.13 bits per heavy atom. The lowest BCUT2D eigenvalue weighted by Crippen LogP contribution is -2.34. The fourth-order valence-electron chi connectivity index (χ4n) is 2.00. The molecular weight excluding hydrogens is 322 g/mol. The molecule has 0 radical (unpaired) electrons. The van der Waals surface area contributed by atoms with Gasteiger partial charge in [-0.3, -0.25) is 10.1 Å². The first-order chi connectivity index (χ1) is 10.7. The van der Waals surface area contributed by atoms with Crippen LogP contribution in [-0.4, -0.2) is 19.4 Å². The average molecular weight is 335 g/mol. The summed E-state index contributed by atoms with van der Waals surface area (Å²) < 4.78 is 25.2. The number of urea groups is 1. The van der Waals surface area contributed by atoms with Crippen LogP contribution >= 0.6 is 0 Å². The number of benzene rings is 2. The maximum absolute atomic E-state index is 11.8. The number of sulfonamides is 1. The number of carbonyl (C=O) groups excluding carboxylic acids is 1. The van der Waals surface area contributed by atoms with Crippen molar-refractivity contribution >= 4 is 21.7 Å². The Labute approximate surface area is 132 Å². The molecule has 3 N–H and O–H groups in total. The summed E-state index contributed by atoms with van der Waals surface area (Å²) >= 11 is 0. The Hall–Kier alpha value is -2.94. The molecule has 0 spiro atoms. The van der Waals surface area contributed by atoms with Crippen LogP contribution in [0, 0.1) is 17.0 Å². The summed E-state index contributed by atoms with van der Waals surface area (Å²) in [5.74, 6) is 0. The highest BCUT2D eigenvalue weighted by Gasteiger charge is 2.16. The van der Waals surface area contributed by atoms with Gasteiger partial charge in [0.05, 0.1) is 9.82 Å². The van der Waals surface area contributed by atoms with E-state index in [1.54, 1.807) is 23.8 Å². The number of aryl methyl sites for hydroxylation is 1. The van der Waals surface area contributed by atoms with E-state index in [0.29, 0.717) is 16.7 Å². The second kappa shape index (κ2) is 6.05. The van der Waals surface area contributed by atoms with E-state index in [4.69, 9.17) is 5.73 Å². The Balaban J connectivity index is 2.39. The van der Waals surface area contributed by atoms with E-state index in [9.17, 15) is 23.3 Å². The van der Waals surface area contributed by atoms with Crippen LogP contribution in [0.4, 0.5) is 10.5 Å². The van der Waals surface area contributed by atoms with Crippen molar-refractivity contribution in [2.24, 2.45) is 5.73 Å². The van der Waals surface area contributed by atoms with E-state index < -0.39 is 21.0 Å². The molecule has 0 aliphatic heterocycles. The van der Waals surface area contributed by atoms with Gasteiger partial charge in [0.25, 0.3) is 15.7 Å². The highest BCUT2D eigenvalue weighted by atomic mass is 32.2. The summed E-state index contributed by atoms with van der Waals surface area (Å²) in [7, 11) is -4.02. The van der Waals surface area contributed by atoms with Crippen molar-refractivity contribution in [3.8, 4) is 11.1 Å². The minimum absolute atomic E-state index is 0.0189. The van der Waals surface area contributed by atoms with Crippen LogP contribution in [0.25, 0.3) is 11.1 Å². The van der Waals surface area contributed by atoms with Gasteiger partial charge in [0.2, 0.25) is 0 Å². The molecule has 0 aliphatic carbocycles. The summed E-state index contributed by atoms with van der Waals surface area (Å²) in [5.41, 5.74) is 6.50. The number of carbonyl (C=O) groups is 1. The molecule has 2 aromatic rings. The van der Waals surface area contributed by atoms with E-state index in [2.05, 4.69) is 0 Å². The quantitative estimate of drug-likeness (QED) is 0.650. The van der Waals surface area contributed by atoms with Crippen molar-refractivity contribution in [1.29, 1.82) is 0 Å². The van der Waals surface area contributed by atoms with Gasteiger partial charge in [-0.15, -0.1) is 0 Å². The molecule has 9 heteroatoms. The number of nitro groups is 1. The predicted octanol–water partition coefficient (Wildman–Crippen LogP) is 1.93. The number of nitro benzene ring substituents is 1. The van der Waals surface area contributed by atoms with Gasteiger partial charge in [0, 0.05) is 11.6 Å². The second-order valence-electron chi connectivity index (χ2n) is 4.75. The number of hydrogen-bond donors (Lipinski definition) is 2. The molecule has 0 unspecified atom stereocenters. The van der Waals surface area contributed by atoms with Gasteiger partial charge >= 0.3 is 6.03 Å². The van der Waals surface area contributed by atoms with E-state index in [1.165, 1.54) is 30.3 Å². The predicted molar refractivity (Wildman–Crippen MR) is 83.2 cm³/mol. The summed E-state index contributed by atoms with van der Waals surface area (Å²) in [5, 5.41) is 11.0. The van der Waals surface area contributed by atoms with Crippen LogP contribution in [0.3, 0.4) is 0 Å². The molecule has 2 aromatic carbocycles. The van der Waals surface area contributed by atoms with Crippen LogP contribution in [0.15, 0.2) is 47.4 Å². The number of nitrogens with one attached hydrogen (secondary N) is 1. The average Bonchev–Trinajstić information content (AvgIpc) is 2.46. The zero-order chi connectivity index (χ0) is 17.2. The molecule has 120 valence electrons. The lowest BCUT2D eigenvalue weighted by molar-refractivity contribution is -0.385. The molecule has 0 atom stereocenters. The van der Waals surface area contributed by atoms with Gasteiger partial charge in [-0.2, -0.15) is 0 Å². The van der Waals surface area contributed by atoms with Gasteiger partial charge < -0.3 is 5.73 Å². The topological polar surface area (TPSA) is 132 Å². The fraction of sp³-hybridized carbons (Fsp3) is 0.0714. The zero-order valence-corrected chi connectivity index (χ0v) is 12.8. The molecule has 0 bridgehead atoms. The minimum atomic E-state index is -4.02. The molecular formula is C14H13N3O5S. The first-order valence-electron chi connectivity index (χ1n) is 6.38. The SMILES string of the molecule is Cc1ccc(-c2ccc(S(=O)(=O)NC(N)=O)cc2)cc1[N+](=O)[O-]. The van der Waals surface area contributed by atoms with Crippen molar-refractivity contribution in [2.45, 2.75) is 11.8 Å². The maximum atomic E-state index is 11.8. The van der Waals surface area contributed by atoms with Crippen LogP contribution in [0.1, 0.15) is 5.56 Å². The highest BCUT2D eigenvalue weighted by Crippen LogP contribution is 2.27. The number of nitrogens with two attached hydrogens (primary N) is 1. The first kappa shape index (κ1) is 16.4. The summed E-state index contributed by atoms with van der Waals surface area (Å²) in [6.45, 7) is 1.63. The Morgan fingerprint density at radius 3 is 2.22 bits per heavy atom. The highest BCUT2D eigenvalue weighted by molar-refractivity contribution is 7.90. The minimum Gasteiger partial charge on any atom is -0.351 e. The number of hydrogen-bond acceptors (Lipinski definition) is 5. The molecule has 23 heavy (non-hydrogen) atoms. The Kier molecular flexibility index (Phi) is 4.32. The van der Waals surface area contributed by atoms with Gasteiger partial charge in [-0.1, -0.05) is 24.3 Å².